The average molecular weight is 245 g/mol. The number of benzene rings is 1. The molecule has 0 aliphatic carbocycles. The van der Waals surface area contributed by atoms with Gasteiger partial charge in [-0.15, -0.1) is 0 Å². The minimum atomic E-state index is -0.607. The molecular formula is C11H14ClFN2O. The number of halogens is 2. The van der Waals surface area contributed by atoms with Crippen molar-refractivity contribution in [3.63, 3.8) is 0 Å². The first kappa shape index (κ1) is 12.8. The maximum absolute atomic E-state index is 13.5. The van der Waals surface area contributed by atoms with E-state index in [-0.39, 0.29) is 16.7 Å². The van der Waals surface area contributed by atoms with E-state index in [0.29, 0.717) is 13.1 Å². The van der Waals surface area contributed by atoms with Crippen molar-refractivity contribution < 1.29 is 9.18 Å². The molecule has 0 atom stereocenters. The zero-order valence-corrected chi connectivity index (χ0v) is 10.0. The Kier molecular flexibility index (Phi) is 4.55. The quantitative estimate of drug-likeness (QED) is 0.869. The second kappa shape index (κ2) is 5.70. The number of rotatable bonds is 3. The normalized spacial score (nSPS) is 10.0. The van der Waals surface area contributed by atoms with Gasteiger partial charge in [-0.1, -0.05) is 17.7 Å². The van der Waals surface area contributed by atoms with Gasteiger partial charge in [0.1, 0.15) is 0 Å². The second-order valence-corrected chi connectivity index (χ2v) is 3.61. The Morgan fingerprint density at radius 3 is 2.62 bits per heavy atom. The van der Waals surface area contributed by atoms with Crippen LogP contribution in [0.3, 0.4) is 0 Å². The fraction of sp³-hybridized carbons (Fsp3) is 0.364. The molecule has 0 heterocycles. The smallest absolute Gasteiger partial charge is 0.321 e. The van der Waals surface area contributed by atoms with E-state index >= 15 is 0 Å². The number of amides is 2. The number of hydrogen-bond donors (Lipinski definition) is 1. The molecule has 1 N–H and O–H groups in total. The standard InChI is InChI=1S/C11H14ClFN2O/c1-3-15(4-2)11(16)14-9-7-5-6-8(12)10(9)13/h5-7H,3-4H2,1-2H3,(H,14,16). The van der Waals surface area contributed by atoms with Gasteiger partial charge in [0, 0.05) is 13.1 Å². The van der Waals surface area contributed by atoms with Crippen LogP contribution in [0.1, 0.15) is 13.8 Å². The van der Waals surface area contributed by atoms with Crippen LogP contribution in [0.15, 0.2) is 18.2 Å². The molecule has 0 fully saturated rings. The van der Waals surface area contributed by atoms with E-state index < -0.39 is 5.82 Å². The molecule has 0 aliphatic rings. The molecule has 1 aromatic carbocycles. The zero-order valence-electron chi connectivity index (χ0n) is 9.26. The SMILES string of the molecule is CCN(CC)C(=O)Nc1cccc(Cl)c1F. The predicted molar refractivity (Wildman–Crippen MR) is 63.3 cm³/mol. The summed E-state index contributed by atoms with van der Waals surface area (Å²) >= 11 is 5.60. The summed E-state index contributed by atoms with van der Waals surface area (Å²) in [6, 6.07) is 4.17. The molecule has 16 heavy (non-hydrogen) atoms. The van der Waals surface area contributed by atoms with Gasteiger partial charge >= 0.3 is 6.03 Å². The van der Waals surface area contributed by atoms with Crippen molar-refractivity contribution in [1.82, 2.24) is 4.90 Å². The van der Waals surface area contributed by atoms with Crippen LogP contribution < -0.4 is 5.32 Å². The summed E-state index contributed by atoms with van der Waals surface area (Å²) < 4.78 is 13.5. The first-order valence-corrected chi connectivity index (χ1v) is 5.47. The van der Waals surface area contributed by atoms with Gasteiger partial charge in [0.25, 0.3) is 0 Å². The van der Waals surface area contributed by atoms with E-state index in [9.17, 15) is 9.18 Å². The fourth-order valence-corrected chi connectivity index (χ4v) is 1.48. The van der Waals surface area contributed by atoms with Crippen molar-refractivity contribution in [3.8, 4) is 0 Å². The topological polar surface area (TPSA) is 32.3 Å². The number of carbonyl (C=O) groups is 1. The summed E-state index contributed by atoms with van der Waals surface area (Å²) in [6.45, 7) is 4.86. The van der Waals surface area contributed by atoms with Crippen LogP contribution in [-0.2, 0) is 0 Å². The highest BCUT2D eigenvalue weighted by atomic mass is 35.5. The number of anilines is 1. The lowest BCUT2D eigenvalue weighted by Crippen LogP contribution is -2.34. The van der Waals surface area contributed by atoms with E-state index in [1.54, 1.807) is 11.0 Å². The van der Waals surface area contributed by atoms with E-state index in [4.69, 9.17) is 11.6 Å². The van der Waals surface area contributed by atoms with Gasteiger partial charge in [-0.05, 0) is 26.0 Å². The van der Waals surface area contributed by atoms with E-state index in [1.165, 1.54) is 12.1 Å². The monoisotopic (exact) mass is 244 g/mol. The van der Waals surface area contributed by atoms with Crippen LogP contribution in [0.5, 0.6) is 0 Å². The predicted octanol–water partition coefficient (Wildman–Crippen LogP) is 3.35. The molecule has 0 saturated heterocycles. The maximum Gasteiger partial charge on any atom is 0.321 e. The number of nitrogens with one attached hydrogen (secondary N) is 1. The molecule has 0 saturated carbocycles. The Bertz CT molecular complexity index is 380. The largest absolute Gasteiger partial charge is 0.325 e. The second-order valence-electron chi connectivity index (χ2n) is 3.20. The van der Waals surface area contributed by atoms with Crippen molar-refractivity contribution in [2.75, 3.05) is 18.4 Å². The Hall–Kier alpha value is -1.29. The molecule has 1 rings (SSSR count). The number of nitrogens with zero attached hydrogens (tertiary/aromatic N) is 1. The Morgan fingerprint density at radius 1 is 1.44 bits per heavy atom. The third-order valence-electron chi connectivity index (χ3n) is 2.24. The van der Waals surface area contributed by atoms with E-state index in [0.717, 1.165) is 0 Å². The van der Waals surface area contributed by atoms with E-state index in [2.05, 4.69) is 5.32 Å². The van der Waals surface area contributed by atoms with Crippen LogP contribution in [0.2, 0.25) is 5.02 Å². The van der Waals surface area contributed by atoms with Crippen molar-refractivity contribution in [3.05, 3.63) is 29.0 Å². The minimum absolute atomic E-state index is 0.00246. The van der Waals surface area contributed by atoms with Crippen LogP contribution in [0, 0.1) is 5.82 Å². The summed E-state index contributed by atoms with van der Waals surface area (Å²) in [5, 5.41) is 2.48. The highest BCUT2D eigenvalue weighted by molar-refractivity contribution is 6.31. The fourth-order valence-electron chi connectivity index (χ4n) is 1.31. The number of hydrogen-bond acceptors (Lipinski definition) is 1. The number of carbonyl (C=O) groups excluding carboxylic acids is 1. The molecule has 3 nitrogen and oxygen atoms in total. The van der Waals surface area contributed by atoms with Crippen LogP contribution in [0.25, 0.3) is 0 Å². The Balaban J connectivity index is 2.80. The van der Waals surface area contributed by atoms with Gasteiger partial charge in [-0.2, -0.15) is 0 Å². The lowest BCUT2D eigenvalue weighted by Gasteiger charge is -2.19. The van der Waals surface area contributed by atoms with Gasteiger partial charge in [0.2, 0.25) is 0 Å². The summed E-state index contributed by atoms with van der Waals surface area (Å²) in [4.78, 5) is 13.2. The molecule has 0 radical (unpaired) electrons. The molecule has 1 aromatic rings. The van der Waals surface area contributed by atoms with Crippen molar-refractivity contribution in [1.29, 1.82) is 0 Å². The summed E-state index contributed by atoms with van der Waals surface area (Å²) in [5.74, 6) is -0.607. The van der Waals surface area contributed by atoms with Gasteiger partial charge in [0.05, 0.1) is 10.7 Å². The molecule has 0 aromatic heterocycles. The third-order valence-corrected chi connectivity index (χ3v) is 2.54. The lowest BCUT2D eigenvalue weighted by atomic mass is 10.3. The van der Waals surface area contributed by atoms with Gasteiger partial charge < -0.3 is 10.2 Å². The van der Waals surface area contributed by atoms with Gasteiger partial charge in [-0.25, -0.2) is 9.18 Å². The molecule has 2 amide bonds. The van der Waals surface area contributed by atoms with E-state index in [1.807, 2.05) is 13.8 Å². The highest BCUT2D eigenvalue weighted by Crippen LogP contribution is 2.22. The van der Waals surface area contributed by atoms with Crippen molar-refractivity contribution in [2.45, 2.75) is 13.8 Å². The molecule has 5 heteroatoms. The molecule has 0 bridgehead atoms. The highest BCUT2D eigenvalue weighted by Gasteiger charge is 2.13. The van der Waals surface area contributed by atoms with Crippen LogP contribution in [-0.4, -0.2) is 24.0 Å². The lowest BCUT2D eigenvalue weighted by molar-refractivity contribution is 0.217. The third kappa shape index (κ3) is 2.85. The maximum atomic E-state index is 13.5. The first-order valence-electron chi connectivity index (χ1n) is 5.10. The summed E-state index contributed by atoms with van der Waals surface area (Å²) in [6.07, 6.45) is 0. The zero-order chi connectivity index (χ0) is 12.1. The van der Waals surface area contributed by atoms with Gasteiger partial charge in [-0.3, -0.25) is 0 Å². The molecule has 88 valence electrons. The average Bonchev–Trinajstić information content (AvgIpc) is 2.26. The first-order chi connectivity index (χ1) is 7.60. The van der Waals surface area contributed by atoms with Crippen molar-refractivity contribution >= 4 is 23.3 Å². The molecule has 0 unspecified atom stereocenters. The summed E-state index contributed by atoms with van der Waals surface area (Å²) in [5.41, 5.74) is 0.101. The van der Waals surface area contributed by atoms with Gasteiger partial charge in [0.15, 0.2) is 5.82 Å². The molecule has 0 spiro atoms. The Labute approximate surface area is 99.2 Å². The molecular weight excluding hydrogens is 231 g/mol. The van der Waals surface area contributed by atoms with Crippen molar-refractivity contribution in [2.24, 2.45) is 0 Å². The van der Waals surface area contributed by atoms with Crippen LogP contribution >= 0.6 is 11.6 Å². The van der Waals surface area contributed by atoms with Crippen LogP contribution in [0.4, 0.5) is 14.9 Å². The Morgan fingerprint density at radius 2 is 2.06 bits per heavy atom. The summed E-state index contributed by atoms with van der Waals surface area (Å²) in [7, 11) is 0. The molecule has 0 aliphatic heterocycles. The number of urea groups is 1. The minimum Gasteiger partial charge on any atom is -0.325 e.